The van der Waals surface area contributed by atoms with Crippen LogP contribution in [0.5, 0.6) is 0 Å². The van der Waals surface area contributed by atoms with Crippen LogP contribution in [0, 0.1) is 0 Å². The number of rotatable bonds is 4. The highest BCUT2D eigenvalue weighted by atomic mass is 35.5. The molecule has 0 unspecified atom stereocenters. The molecule has 0 bridgehead atoms. The first-order chi connectivity index (χ1) is 11.8. The number of hydrogen-bond acceptors (Lipinski definition) is 6. The maximum atomic E-state index is 12.8. The van der Waals surface area contributed by atoms with Crippen LogP contribution in [0.25, 0.3) is 11.3 Å². The number of anilines is 1. The standard InChI is InChI=1S/C16H18ClN3O3S2.ClH/c1-25(22,23)16(6-8-18-9-7-16)14(21)20-15-19-13(10-24-15)11-4-2-3-5-12(11)17;/h2-5,10,18H,6-9H2,1H3,(H,19,20,21);1H. The molecule has 0 atom stereocenters. The van der Waals surface area contributed by atoms with E-state index in [2.05, 4.69) is 15.6 Å². The van der Waals surface area contributed by atoms with Gasteiger partial charge in [-0.05, 0) is 32.0 Å². The molecule has 1 fully saturated rings. The smallest absolute Gasteiger partial charge is 0.247 e. The van der Waals surface area contributed by atoms with Gasteiger partial charge in [0.2, 0.25) is 5.91 Å². The van der Waals surface area contributed by atoms with E-state index in [9.17, 15) is 13.2 Å². The summed E-state index contributed by atoms with van der Waals surface area (Å²) in [5.74, 6) is -0.517. The molecule has 10 heteroatoms. The van der Waals surface area contributed by atoms with Crippen molar-refractivity contribution in [3.05, 3.63) is 34.7 Å². The molecule has 3 rings (SSSR count). The Kier molecular flexibility index (Phi) is 6.68. The number of sulfone groups is 1. The number of hydrogen-bond donors (Lipinski definition) is 2. The molecule has 2 aromatic rings. The first-order valence-electron chi connectivity index (χ1n) is 7.76. The number of carbonyl (C=O) groups is 1. The lowest BCUT2D eigenvalue weighted by Gasteiger charge is -2.33. The van der Waals surface area contributed by atoms with E-state index in [4.69, 9.17) is 11.6 Å². The highest BCUT2D eigenvalue weighted by Gasteiger charge is 2.48. The SMILES string of the molecule is CS(=O)(=O)C1(C(=O)Nc2nc(-c3ccccc3Cl)cs2)CCNCC1.Cl. The lowest BCUT2D eigenvalue weighted by atomic mass is 9.96. The molecule has 1 saturated heterocycles. The molecule has 6 nitrogen and oxygen atoms in total. The van der Waals surface area contributed by atoms with Gasteiger partial charge in [-0.1, -0.05) is 29.8 Å². The van der Waals surface area contributed by atoms with E-state index < -0.39 is 20.5 Å². The summed E-state index contributed by atoms with van der Waals surface area (Å²) in [5.41, 5.74) is 1.41. The quantitative estimate of drug-likeness (QED) is 0.770. The predicted octanol–water partition coefficient (Wildman–Crippen LogP) is 2.99. The van der Waals surface area contributed by atoms with Gasteiger partial charge >= 0.3 is 0 Å². The monoisotopic (exact) mass is 435 g/mol. The van der Waals surface area contributed by atoms with E-state index in [1.807, 2.05) is 18.2 Å². The molecule has 1 aliphatic heterocycles. The van der Waals surface area contributed by atoms with Crippen molar-refractivity contribution < 1.29 is 13.2 Å². The van der Waals surface area contributed by atoms with Crippen LogP contribution >= 0.6 is 35.3 Å². The average Bonchev–Trinajstić information content (AvgIpc) is 3.03. The Balaban J connectivity index is 0.00000243. The zero-order chi connectivity index (χ0) is 18.1. The molecule has 1 amide bonds. The van der Waals surface area contributed by atoms with Crippen molar-refractivity contribution in [2.75, 3.05) is 24.7 Å². The van der Waals surface area contributed by atoms with Crippen LogP contribution in [0.15, 0.2) is 29.6 Å². The molecule has 142 valence electrons. The predicted molar refractivity (Wildman–Crippen MR) is 108 cm³/mol. The third-order valence-electron chi connectivity index (χ3n) is 4.41. The molecule has 2 heterocycles. The fourth-order valence-electron chi connectivity index (χ4n) is 2.93. The van der Waals surface area contributed by atoms with Crippen molar-refractivity contribution >= 4 is 56.2 Å². The fraction of sp³-hybridized carbons (Fsp3) is 0.375. The molecular weight excluding hydrogens is 417 g/mol. The van der Waals surface area contributed by atoms with Crippen LogP contribution in [0.1, 0.15) is 12.8 Å². The summed E-state index contributed by atoms with van der Waals surface area (Å²) in [6.07, 6.45) is 1.62. The van der Waals surface area contributed by atoms with Crippen LogP contribution in [0.3, 0.4) is 0 Å². The minimum absolute atomic E-state index is 0. The molecular formula is C16H19Cl2N3O3S2. The highest BCUT2D eigenvalue weighted by Crippen LogP contribution is 2.33. The second-order valence-electron chi connectivity index (χ2n) is 5.99. The second kappa shape index (κ2) is 8.22. The number of carbonyl (C=O) groups excluding carboxylic acids is 1. The maximum absolute atomic E-state index is 12.8. The van der Waals surface area contributed by atoms with Crippen molar-refractivity contribution in [1.82, 2.24) is 10.3 Å². The van der Waals surface area contributed by atoms with Gasteiger partial charge in [-0.2, -0.15) is 0 Å². The van der Waals surface area contributed by atoms with Gasteiger partial charge in [-0.15, -0.1) is 23.7 Å². The summed E-state index contributed by atoms with van der Waals surface area (Å²) >= 11 is 7.41. The van der Waals surface area contributed by atoms with Crippen LogP contribution < -0.4 is 10.6 Å². The third-order valence-corrected chi connectivity index (χ3v) is 7.51. The number of halogens is 2. The van der Waals surface area contributed by atoms with Gasteiger partial charge in [-0.3, -0.25) is 4.79 Å². The van der Waals surface area contributed by atoms with Crippen LogP contribution in [-0.2, 0) is 14.6 Å². The zero-order valence-corrected chi connectivity index (χ0v) is 17.2. The van der Waals surface area contributed by atoms with Crippen molar-refractivity contribution in [2.45, 2.75) is 17.6 Å². The lowest BCUT2D eigenvalue weighted by molar-refractivity contribution is -0.119. The Bertz CT molecular complexity index is 894. The van der Waals surface area contributed by atoms with Gasteiger partial charge < -0.3 is 10.6 Å². The molecule has 26 heavy (non-hydrogen) atoms. The summed E-state index contributed by atoms with van der Waals surface area (Å²) in [6.45, 7) is 0.979. The lowest BCUT2D eigenvalue weighted by Crippen LogP contribution is -2.55. The fourth-order valence-corrected chi connectivity index (χ4v) is 5.20. The van der Waals surface area contributed by atoms with Gasteiger partial charge in [-0.25, -0.2) is 13.4 Å². The van der Waals surface area contributed by atoms with Crippen LogP contribution in [-0.4, -0.2) is 43.4 Å². The number of nitrogens with zero attached hydrogens (tertiary/aromatic N) is 1. The van der Waals surface area contributed by atoms with Gasteiger partial charge in [0.05, 0.1) is 5.69 Å². The second-order valence-corrected chi connectivity index (χ2v) is 9.58. The topological polar surface area (TPSA) is 88.2 Å². The largest absolute Gasteiger partial charge is 0.317 e. The molecule has 0 saturated carbocycles. The Hall–Kier alpha value is -1.19. The van der Waals surface area contributed by atoms with Crippen LogP contribution in [0.2, 0.25) is 5.02 Å². The number of amides is 1. The van der Waals surface area contributed by atoms with Crippen molar-refractivity contribution in [1.29, 1.82) is 0 Å². The minimum atomic E-state index is -3.56. The van der Waals surface area contributed by atoms with E-state index >= 15 is 0 Å². The van der Waals surface area contributed by atoms with Crippen LogP contribution in [0.4, 0.5) is 5.13 Å². The van der Waals surface area contributed by atoms with Gasteiger partial charge in [0.15, 0.2) is 19.7 Å². The van der Waals surface area contributed by atoms with Gasteiger partial charge in [0.1, 0.15) is 0 Å². The van der Waals surface area contributed by atoms with Crippen molar-refractivity contribution in [3.63, 3.8) is 0 Å². The minimum Gasteiger partial charge on any atom is -0.317 e. The van der Waals surface area contributed by atoms with E-state index in [1.54, 1.807) is 11.4 Å². The first-order valence-corrected chi connectivity index (χ1v) is 10.9. The summed E-state index contributed by atoms with van der Waals surface area (Å²) in [7, 11) is -3.56. The van der Waals surface area contributed by atoms with E-state index in [0.717, 1.165) is 11.8 Å². The Morgan fingerprint density at radius 2 is 1.96 bits per heavy atom. The zero-order valence-electron chi connectivity index (χ0n) is 14.0. The summed E-state index contributed by atoms with van der Waals surface area (Å²) in [4.78, 5) is 17.2. The molecule has 0 radical (unpaired) electrons. The molecule has 1 aromatic heterocycles. The van der Waals surface area contributed by atoms with Crippen molar-refractivity contribution in [3.8, 4) is 11.3 Å². The van der Waals surface area contributed by atoms with E-state index in [1.165, 1.54) is 11.3 Å². The number of thiazole rings is 1. The summed E-state index contributed by atoms with van der Waals surface area (Å²) in [5, 5.41) is 8.49. The third kappa shape index (κ3) is 4.04. The summed E-state index contributed by atoms with van der Waals surface area (Å²) in [6, 6.07) is 7.29. The molecule has 0 aliphatic carbocycles. The molecule has 2 N–H and O–H groups in total. The number of nitrogens with one attached hydrogen (secondary N) is 2. The Morgan fingerprint density at radius 3 is 2.58 bits per heavy atom. The van der Waals surface area contributed by atoms with E-state index in [-0.39, 0.29) is 25.2 Å². The normalized spacial score (nSPS) is 16.5. The Labute approximate surface area is 167 Å². The number of aromatic nitrogens is 1. The van der Waals surface area contributed by atoms with Gasteiger partial charge in [0.25, 0.3) is 0 Å². The molecule has 1 aliphatic rings. The highest BCUT2D eigenvalue weighted by molar-refractivity contribution is 7.92. The molecule has 1 aromatic carbocycles. The maximum Gasteiger partial charge on any atom is 0.247 e. The Morgan fingerprint density at radius 1 is 1.31 bits per heavy atom. The van der Waals surface area contributed by atoms with Crippen molar-refractivity contribution in [2.24, 2.45) is 0 Å². The van der Waals surface area contributed by atoms with E-state index in [0.29, 0.717) is 28.9 Å². The number of piperidine rings is 1. The molecule has 0 spiro atoms. The number of benzene rings is 1. The van der Waals surface area contributed by atoms with Gasteiger partial charge in [0, 0.05) is 22.2 Å². The first kappa shape index (κ1) is 21.1. The summed E-state index contributed by atoms with van der Waals surface area (Å²) < 4.78 is 23.2. The average molecular weight is 436 g/mol.